The molecule has 0 spiro atoms. The van der Waals surface area contributed by atoms with Crippen LogP contribution in [0.25, 0.3) is 0 Å². The lowest BCUT2D eigenvalue weighted by Crippen LogP contribution is -2.22. The molecule has 0 aliphatic heterocycles. The molecule has 0 fully saturated rings. The number of pyridine rings is 1. The van der Waals surface area contributed by atoms with Crippen LogP contribution in [0.15, 0.2) is 59.7 Å². The molecule has 134 valence electrons. The molecule has 6 heteroatoms. The smallest absolute Gasteiger partial charge is 0.254 e. The maximum absolute atomic E-state index is 12.5. The molecule has 0 unspecified atom stereocenters. The Hall–Kier alpha value is -3.15. The number of hydrogen-bond acceptors (Lipinski definition) is 5. The number of ether oxygens (including phenoxy) is 1. The Morgan fingerprint density at radius 2 is 1.77 bits per heavy atom. The summed E-state index contributed by atoms with van der Waals surface area (Å²) in [5, 5.41) is 0. The fourth-order valence-corrected chi connectivity index (χ4v) is 2.62. The highest BCUT2D eigenvalue weighted by atomic mass is 16.5. The molecule has 6 nitrogen and oxygen atoms in total. The Morgan fingerprint density at radius 3 is 2.38 bits per heavy atom. The third-order valence-corrected chi connectivity index (χ3v) is 4.09. The zero-order valence-corrected chi connectivity index (χ0v) is 15.2. The second-order valence-electron chi connectivity index (χ2n) is 6.27. The van der Waals surface area contributed by atoms with E-state index in [1.807, 2.05) is 56.3 Å². The topological polar surface area (TPSA) is 60.3 Å². The number of anilines is 1. The Bertz CT molecular complexity index is 919. The number of rotatable bonds is 6. The monoisotopic (exact) mass is 350 g/mol. The first-order valence-corrected chi connectivity index (χ1v) is 8.39. The van der Waals surface area contributed by atoms with E-state index in [1.165, 1.54) is 6.07 Å². The highest BCUT2D eigenvalue weighted by Gasteiger charge is 2.07. The second kappa shape index (κ2) is 7.82. The molecule has 0 radical (unpaired) electrons. The summed E-state index contributed by atoms with van der Waals surface area (Å²) in [6.07, 6.45) is 3.33. The fourth-order valence-electron chi connectivity index (χ4n) is 2.62. The van der Waals surface area contributed by atoms with E-state index >= 15 is 0 Å². The van der Waals surface area contributed by atoms with Crippen LogP contribution in [0.1, 0.15) is 17.1 Å². The lowest BCUT2D eigenvalue weighted by atomic mass is 10.2. The summed E-state index contributed by atoms with van der Waals surface area (Å²) in [4.78, 5) is 22.8. The third-order valence-electron chi connectivity index (χ3n) is 4.09. The molecule has 0 N–H and O–H groups in total. The van der Waals surface area contributed by atoms with Gasteiger partial charge in [-0.3, -0.25) is 4.79 Å². The van der Waals surface area contributed by atoms with Crippen molar-refractivity contribution in [3.63, 3.8) is 0 Å². The van der Waals surface area contributed by atoms with E-state index in [9.17, 15) is 4.79 Å². The van der Waals surface area contributed by atoms with Crippen molar-refractivity contribution < 1.29 is 4.74 Å². The van der Waals surface area contributed by atoms with E-state index in [0.29, 0.717) is 18.1 Å². The first kappa shape index (κ1) is 17.7. The van der Waals surface area contributed by atoms with Crippen molar-refractivity contribution in [1.29, 1.82) is 0 Å². The number of aryl methyl sites for hydroxylation is 1. The highest BCUT2D eigenvalue weighted by molar-refractivity contribution is 5.46. The van der Waals surface area contributed by atoms with Crippen LogP contribution in [-0.2, 0) is 13.2 Å². The highest BCUT2D eigenvalue weighted by Crippen LogP contribution is 2.15. The molecule has 26 heavy (non-hydrogen) atoms. The molecule has 0 saturated carbocycles. The maximum atomic E-state index is 12.5. The summed E-state index contributed by atoms with van der Waals surface area (Å²) in [5.74, 6) is 1.11. The van der Waals surface area contributed by atoms with Gasteiger partial charge in [0.1, 0.15) is 12.4 Å². The summed E-state index contributed by atoms with van der Waals surface area (Å²) in [6, 6.07) is 13.3. The Kier molecular flexibility index (Phi) is 5.31. The normalized spacial score (nSPS) is 10.6. The molecule has 0 aliphatic carbocycles. The van der Waals surface area contributed by atoms with Gasteiger partial charge in [-0.15, -0.1) is 0 Å². The van der Waals surface area contributed by atoms with E-state index in [0.717, 1.165) is 16.9 Å². The van der Waals surface area contributed by atoms with Crippen LogP contribution >= 0.6 is 0 Å². The largest absolute Gasteiger partial charge is 0.485 e. The van der Waals surface area contributed by atoms with Crippen molar-refractivity contribution in [3.8, 4) is 5.75 Å². The van der Waals surface area contributed by atoms with Gasteiger partial charge in [-0.05, 0) is 36.8 Å². The molecule has 0 saturated heterocycles. The van der Waals surface area contributed by atoms with Crippen LogP contribution < -0.4 is 15.2 Å². The van der Waals surface area contributed by atoms with Crippen molar-refractivity contribution >= 4 is 5.69 Å². The van der Waals surface area contributed by atoms with Gasteiger partial charge in [0, 0.05) is 43.9 Å². The van der Waals surface area contributed by atoms with E-state index in [-0.39, 0.29) is 12.2 Å². The van der Waals surface area contributed by atoms with Crippen molar-refractivity contribution in [2.24, 2.45) is 0 Å². The molecule has 0 bridgehead atoms. The van der Waals surface area contributed by atoms with Gasteiger partial charge in [-0.25, -0.2) is 9.97 Å². The number of nitrogens with zero attached hydrogens (tertiary/aromatic N) is 4. The summed E-state index contributed by atoms with van der Waals surface area (Å²) in [6.45, 7) is 2.66. The molecule has 1 aromatic carbocycles. The van der Waals surface area contributed by atoms with Crippen LogP contribution in [0.3, 0.4) is 0 Å². The fraction of sp³-hybridized carbons (Fsp3) is 0.250. The second-order valence-corrected chi connectivity index (χ2v) is 6.27. The molecular weight excluding hydrogens is 328 g/mol. The van der Waals surface area contributed by atoms with Gasteiger partial charge < -0.3 is 14.2 Å². The molecule has 3 rings (SSSR count). The molecule has 0 atom stereocenters. The Labute approximate surface area is 152 Å². The lowest BCUT2D eigenvalue weighted by Gasteiger charge is -2.15. The number of hydrogen-bond donors (Lipinski definition) is 0. The molecule has 2 heterocycles. The zero-order valence-electron chi connectivity index (χ0n) is 15.2. The minimum Gasteiger partial charge on any atom is -0.485 e. The van der Waals surface area contributed by atoms with E-state index in [1.54, 1.807) is 23.0 Å². The summed E-state index contributed by atoms with van der Waals surface area (Å²) in [7, 11) is 4.01. The van der Waals surface area contributed by atoms with Gasteiger partial charge in [0.05, 0.1) is 6.54 Å². The average molecular weight is 350 g/mol. The van der Waals surface area contributed by atoms with Crippen LogP contribution in [0.5, 0.6) is 5.75 Å². The maximum Gasteiger partial charge on any atom is 0.254 e. The summed E-state index contributed by atoms with van der Waals surface area (Å²) >= 11 is 0. The SMILES string of the molecule is Cc1cc(OCc2ncccn2)cc(=O)n1Cc1ccc(N(C)C)cc1. The number of aromatic nitrogens is 3. The van der Waals surface area contributed by atoms with E-state index < -0.39 is 0 Å². The van der Waals surface area contributed by atoms with Crippen LogP contribution in [0.2, 0.25) is 0 Å². The van der Waals surface area contributed by atoms with Gasteiger partial charge in [0.2, 0.25) is 0 Å². The van der Waals surface area contributed by atoms with Crippen molar-refractivity contribution in [1.82, 2.24) is 14.5 Å². The summed E-state index contributed by atoms with van der Waals surface area (Å²) < 4.78 is 7.39. The average Bonchev–Trinajstić information content (AvgIpc) is 2.64. The predicted octanol–water partition coefficient (Wildman–Crippen LogP) is 2.64. The predicted molar refractivity (Wildman–Crippen MR) is 102 cm³/mol. The van der Waals surface area contributed by atoms with Gasteiger partial charge >= 0.3 is 0 Å². The van der Waals surface area contributed by atoms with Gasteiger partial charge in [0.25, 0.3) is 5.56 Å². The van der Waals surface area contributed by atoms with Gasteiger partial charge in [0.15, 0.2) is 5.82 Å². The van der Waals surface area contributed by atoms with Gasteiger partial charge in [-0.2, -0.15) is 0 Å². The number of benzene rings is 1. The molecule has 2 aromatic heterocycles. The minimum absolute atomic E-state index is 0.0920. The van der Waals surface area contributed by atoms with Crippen molar-refractivity contribution in [2.75, 3.05) is 19.0 Å². The first-order chi connectivity index (χ1) is 12.5. The van der Waals surface area contributed by atoms with Crippen molar-refractivity contribution in [2.45, 2.75) is 20.1 Å². The zero-order chi connectivity index (χ0) is 18.5. The Balaban J connectivity index is 1.73. The first-order valence-electron chi connectivity index (χ1n) is 8.39. The molecular formula is C20H22N4O2. The Morgan fingerprint density at radius 1 is 1.08 bits per heavy atom. The minimum atomic E-state index is -0.0920. The van der Waals surface area contributed by atoms with Crippen molar-refractivity contribution in [3.05, 3.63) is 82.3 Å². The molecule has 0 aliphatic rings. The summed E-state index contributed by atoms with van der Waals surface area (Å²) in [5.41, 5.74) is 2.96. The molecule has 3 aromatic rings. The van der Waals surface area contributed by atoms with Gasteiger partial charge in [-0.1, -0.05) is 12.1 Å². The van der Waals surface area contributed by atoms with Crippen LogP contribution in [-0.4, -0.2) is 28.6 Å². The lowest BCUT2D eigenvalue weighted by molar-refractivity contribution is 0.294. The molecule has 0 amide bonds. The van der Waals surface area contributed by atoms with Crippen LogP contribution in [0, 0.1) is 6.92 Å². The quantitative estimate of drug-likeness (QED) is 0.684. The third kappa shape index (κ3) is 4.27. The van der Waals surface area contributed by atoms with E-state index in [4.69, 9.17) is 4.74 Å². The van der Waals surface area contributed by atoms with E-state index in [2.05, 4.69) is 9.97 Å². The van der Waals surface area contributed by atoms with Crippen LogP contribution in [0.4, 0.5) is 5.69 Å². The standard InChI is InChI=1S/C20H22N4O2/c1-15-11-18(26-14-19-21-9-4-10-22-19)12-20(25)24(15)13-16-5-7-17(8-6-16)23(2)3/h4-12H,13-14H2,1-3H3.